The van der Waals surface area contributed by atoms with Gasteiger partial charge >= 0.3 is 5.97 Å². The van der Waals surface area contributed by atoms with Crippen LogP contribution >= 0.6 is 0 Å². The second kappa shape index (κ2) is 7.75. The van der Waals surface area contributed by atoms with E-state index in [9.17, 15) is 22.8 Å². The van der Waals surface area contributed by atoms with E-state index in [1.165, 1.54) is 36.5 Å². The molecule has 0 fully saturated rings. The summed E-state index contributed by atoms with van der Waals surface area (Å²) in [7, 11) is -3.39. The number of aromatic nitrogens is 1. The van der Waals surface area contributed by atoms with E-state index in [2.05, 4.69) is 5.32 Å². The number of hydrogen-bond donors (Lipinski definition) is 1. The molecule has 0 spiro atoms. The van der Waals surface area contributed by atoms with Crippen LogP contribution in [0.25, 0.3) is 0 Å². The molecule has 1 heterocycles. The lowest BCUT2D eigenvalue weighted by molar-refractivity contribution is -0.147. The Labute approximate surface area is 144 Å². The molecule has 1 aromatic carbocycles. The summed E-state index contributed by atoms with van der Waals surface area (Å²) >= 11 is 0. The van der Waals surface area contributed by atoms with Crippen LogP contribution in [0.2, 0.25) is 0 Å². The van der Waals surface area contributed by atoms with Crippen LogP contribution in [0.1, 0.15) is 0 Å². The average molecular weight is 364 g/mol. The number of carbonyl (C=O) groups is 2. The minimum absolute atomic E-state index is 0.0609. The number of pyridine rings is 1. The van der Waals surface area contributed by atoms with Crippen LogP contribution in [0.5, 0.6) is 0 Å². The molecule has 0 aliphatic carbocycles. The quantitative estimate of drug-likeness (QED) is 0.744. The Morgan fingerprint density at radius 3 is 2.60 bits per heavy atom. The molecule has 1 amide bonds. The molecule has 2 aromatic rings. The Kier molecular flexibility index (Phi) is 5.71. The van der Waals surface area contributed by atoms with Gasteiger partial charge < -0.3 is 14.6 Å². The molecule has 132 valence electrons. The highest BCUT2D eigenvalue weighted by Crippen LogP contribution is 2.15. The van der Waals surface area contributed by atoms with E-state index in [-0.39, 0.29) is 22.7 Å². The molecule has 0 unspecified atom stereocenters. The van der Waals surface area contributed by atoms with E-state index in [0.717, 1.165) is 10.8 Å². The van der Waals surface area contributed by atoms with Crippen molar-refractivity contribution in [3.8, 4) is 0 Å². The lowest BCUT2D eigenvalue weighted by Crippen LogP contribution is -2.27. The third kappa shape index (κ3) is 5.57. The van der Waals surface area contributed by atoms with Gasteiger partial charge in [-0.25, -0.2) is 8.42 Å². The summed E-state index contributed by atoms with van der Waals surface area (Å²) in [6.45, 7) is -0.861. The Bertz CT molecular complexity index is 949. The van der Waals surface area contributed by atoms with Crippen molar-refractivity contribution in [2.45, 2.75) is 11.4 Å². The van der Waals surface area contributed by atoms with Gasteiger partial charge in [0, 0.05) is 24.2 Å². The highest BCUT2D eigenvalue weighted by atomic mass is 32.2. The summed E-state index contributed by atoms with van der Waals surface area (Å²) in [5.74, 6) is -1.37. The second-order valence-electron chi connectivity index (χ2n) is 5.18. The number of rotatable bonds is 6. The predicted molar refractivity (Wildman–Crippen MR) is 89.8 cm³/mol. The lowest BCUT2D eigenvalue weighted by Gasteiger charge is -2.08. The molecule has 0 aliphatic heterocycles. The third-order valence-electron chi connectivity index (χ3n) is 3.11. The summed E-state index contributed by atoms with van der Waals surface area (Å²) in [6.07, 6.45) is 2.49. The maximum Gasteiger partial charge on any atom is 0.326 e. The van der Waals surface area contributed by atoms with Crippen LogP contribution in [-0.2, 0) is 30.7 Å². The highest BCUT2D eigenvalue weighted by Gasteiger charge is 2.11. The fraction of sp³-hybridized carbons (Fsp3) is 0.188. The minimum Gasteiger partial charge on any atom is -0.454 e. The summed E-state index contributed by atoms with van der Waals surface area (Å²) < 4.78 is 28.9. The van der Waals surface area contributed by atoms with Crippen molar-refractivity contribution in [1.82, 2.24) is 4.57 Å². The molecule has 0 atom stereocenters. The SMILES string of the molecule is CS(=O)(=O)c1cccc(NC(=O)COC(=O)Cn2ccccc2=O)c1. The number of amides is 1. The molecule has 2 rings (SSSR count). The Hall–Kier alpha value is -2.94. The van der Waals surface area contributed by atoms with Gasteiger partial charge in [-0.1, -0.05) is 12.1 Å². The Balaban J connectivity index is 1.90. The largest absolute Gasteiger partial charge is 0.454 e. The topological polar surface area (TPSA) is 112 Å². The van der Waals surface area contributed by atoms with Gasteiger partial charge in [-0.15, -0.1) is 0 Å². The first-order valence-electron chi connectivity index (χ1n) is 7.17. The molecule has 1 aromatic heterocycles. The molecule has 0 aliphatic rings. The molecule has 0 saturated heterocycles. The van der Waals surface area contributed by atoms with Gasteiger partial charge in [0.1, 0.15) is 6.54 Å². The number of nitrogens with one attached hydrogen (secondary N) is 1. The molecule has 0 radical (unpaired) electrons. The van der Waals surface area contributed by atoms with Gasteiger partial charge in [0.15, 0.2) is 16.4 Å². The van der Waals surface area contributed by atoms with Gasteiger partial charge in [0.25, 0.3) is 11.5 Å². The van der Waals surface area contributed by atoms with E-state index in [1.54, 1.807) is 12.1 Å². The number of esters is 1. The number of hydrogen-bond acceptors (Lipinski definition) is 6. The number of ether oxygens (including phenoxy) is 1. The first kappa shape index (κ1) is 18.4. The van der Waals surface area contributed by atoms with Crippen LogP contribution in [0.15, 0.2) is 58.4 Å². The highest BCUT2D eigenvalue weighted by molar-refractivity contribution is 7.90. The van der Waals surface area contributed by atoms with Crippen LogP contribution in [-0.4, -0.2) is 37.7 Å². The van der Waals surface area contributed by atoms with Gasteiger partial charge in [0.05, 0.1) is 4.90 Å². The molecule has 0 bridgehead atoms. The molecule has 9 heteroatoms. The summed E-state index contributed by atoms with van der Waals surface area (Å²) in [4.78, 5) is 35.0. The van der Waals surface area contributed by atoms with Crippen molar-refractivity contribution in [1.29, 1.82) is 0 Å². The number of benzene rings is 1. The summed E-state index contributed by atoms with van der Waals surface area (Å²) in [5.41, 5.74) is -0.0928. The molecule has 25 heavy (non-hydrogen) atoms. The fourth-order valence-corrected chi connectivity index (χ4v) is 2.59. The minimum atomic E-state index is -3.39. The predicted octanol–water partition coefficient (Wildman–Crippen LogP) is 0.434. The zero-order valence-electron chi connectivity index (χ0n) is 13.3. The van der Waals surface area contributed by atoms with Crippen LogP contribution in [0, 0.1) is 0 Å². The van der Waals surface area contributed by atoms with Gasteiger partial charge in [0.2, 0.25) is 0 Å². The maximum absolute atomic E-state index is 11.8. The van der Waals surface area contributed by atoms with E-state index < -0.39 is 28.3 Å². The third-order valence-corrected chi connectivity index (χ3v) is 4.22. The standard InChI is InChI=1S/C16H16N2O6S/c1-25(22,23)13-6-4-5-12(9-13)17-14(19)11-24-16(21)10-18-8-3-2-7-15(18)20/h2-9H,10-11H2,1H3,(H,17,19). The van der Waals surface area contributed by atoms with Crippen molar-refractivity contribution >= 4 is 27.4 Å². The van der Waals surface area contributed by atoms with Gasteiger partial charge in [-0.05, 0) is 24.3 Å². The number of sulfone groups is 1. The van der Waals surface area contributed by atoms with Crippen molar-refractivity contribution in [3.63, 3.8) is 0 Å². The van der Waals surface area contributed by atoms with Crippen molar-refractivity contribution in [2.24, 2.45) is 0 Å². The van der Waals surface area contributed by atoms with Crippen LogP contribution < -0.4 is 10.9 Å². The van der Waals surface area contributed by atoms with E-state index in [1.807, 2.05) is 0 Å². The Morgan fingerprint density at radius 1 is 1.16 bits per heavy atom. The van der Waals surface area contributed by atoms with Gasteiger partial charge in [-0.2, -0.15) is 0 Å². The maximum atomic E-state index is 11.8. The van der Waals surface area contributed by atoms with E-state index in [0.29, 0.717) is 0 Å². The zero-order chi connectivity index (χ0) is 18.4. The molecular formula is C16H16N2O6S. The smallest absolute Gasteiger partial charge is 0.326 e. The fourth-order valence-electron chi connectivity index (χ4n) is 1.92. The molecule has 8 nitrogen and oxygen atoms in total. The number of carbonyl (C=O) groups excluding carboxylic acids is 2. The monoisotopic (exact) mass is 364 g/mol. The average Bonchev–Trinajstić information content (AvgIpc) is 2.55. The first-order valence-corrected chi connectivity index (χ1v) is 9.06. The van der Waals surface area contributed by atoms with E-state index >= 15 is 0 Å². The number of nitrogens with zero attached hydrogens (tertiary/aromatic N) is 1. The van der Waals surface area contributed by atoms with Crippen molar-refractivity contribution in [3.05, 3.63) is 59.0 Å². The second-order valence-corrected chi connectivity index (χ2v) is 7.19. The summed E-state index contributed by atoms with van der Waals surface area (Å²) in [5, 5.41) is 2.44. The first-order chi connectivity index (χ1) is 11.8. The van der Waals surface area contributed by atoms with E-state index in [4.69, 9.17) is 4.74 Å². The van der Waals surface area contributed by atoms with Gasteiger partial charge in [-0.3, -0.25) is 14.4 Å². The van der Waals surface area contributed by atoms with Crippen LogP contribution in [0.3, 0.4) is 0 Å². The molecular weight excluding hydrogens is 348 g/mol. The van der Waals surface area contributed by atoms with Crippen LogP contribution in [0.4, 0.5) is 5.69 Å². The molecule has 0 saturated carbocycles. The normalized spacial score (nSPS) is 10.9. The Morgan fingerprint density at radius 2 is 1.92 bits per heavy atom. The van der Waals surface area contributed by atoms with Crippen molar-refractivity contribution < 1.29 is 22.7 Å². The summed E-state index contributed by atoms with van der Waals surface area (Å²) in [6, 6.07) is 10.1. The zero-order valence-corrected chi connectivity index (χ0v) is 14.2. The van der Waals surface area contributed by atoms with Crippen molar-refractivity contribution in [2.75, 3.05) is 18.2 Å². The number of anilines is 1. The lowest BCUT2D eigenvalue weighted by atomic mass is 10.3. The molecule has 1 N–H and O–H groups in total.